The Morgan fingerprint density at radius 2 is 1.82 bits per heavy atom. The lowest BCUT2D eigenvalue weighted by Gasteiger charge is -2.12. The van der Waals surface area contributed by atoms with E-state index < -0.39 is 39.2 Å². The van der Waals surface area contributed by atoms with Crippen LogP contribution >= 0.6 is 0 Å². The van der Waals surface area contributed by atoms with Gasteiger partial charge in [-0.1, -0.05) is 17.3 Å². The van der Waals surface area contributed by atoms with Gasteiger partial charge in [0.25, 0.3) is 0 Å². The highest BCUT2D eigenvalue weighted by molar-refractivity contribution is 7.90. The number of alkyl halides is 3. The standard InChI is InChI=1S/C13H12F3NO4S/c14-13(15,16)10-3-1-9(2-4-10)12(18)8-22(19,20)7-11-5-6-21-17-11/h1-6,12,18H,7-8H2. The molecule has 120 valence electrons. The summed E-state index contributed by atoms with van der Waals surface area (Å²) in [5.41, 5.74) is -0.578. The predicted molar refractivity (Wildman–Crippen MR) is 70.4 cm³/mol. The molecule has 0 aliphatic carbocycles. The van der Waals surface area contributed by atoms with Crippen molar-refractivity contribution in [2.75, 3.05) is 5.75 Å². The maximum Gasteiger partial charge on any atom is 0.416 e. The molecule has 0 aliphatic heterocycles. The van der Waals surface area contributed by atoms with Crippen LogP contribution in [0.2, 0.25) is 0 Å². The smallest absolute Gasteiger partial charge is 0.387 e. The second-order valence-electron chi connectivity index (χ2n) is 4.68. The fourth-order valence-electron chi connectivity index (χ4n) is 1.83. The second kappa shape index (κ2) is 6.09. The van der Waals surface area contributed by atoms with Crippen molar-refractivity contribution >= 4 is 9.84 Å². The van der Waals surface area contributed by atoms with Gasteiger partial charge in [-0.25, -0.2) is 8.42 Å². The summed E-state index contributed by atoms with van der Waals surface area (Å²) in [5.74, 6) is -1.04. The normalized spacial score (nSPS) is 14.0. The van der Waals surface area contributed by atoms with Gasteiger partial charge in [-0.3, -0.25) is 0 Å². The van der Waals surface area contributed by atoms with Crippen LogP contribution < -0.4 is 0 Å². The Kier molecular flexibility index (Phi) is 4.57. The summed E-state index contributed by atoms with van der Waals surface area (Å²) in [6, 6.07) is 5.08. The van der Waals surface area contributed by atoms with Crippen LogP contribution in [0.5, 0.6) is 0 Å². The van der Waals surface area contributed by atoms with Crippen LogP contribution in [0, 0.1) is 0 Å². The monoisotopic (exact) mass is 335 g/mol. The average Bonchev–Trinajstić information content (AvgIpc) is 2.89. The summed E-state index contributed by atoms with van der Waals surface area (Å²) >= 11 is 0. The SMILES string of the molecule is O=S(=O)(Cc1ccon1)CC(O)c1ccc(C(F)(F)F)cc1. The predicted octanol–water partition coefficient (Wildman–Crippen LogP) is 2.34. The van der Waals surface area contributed by atoms with Gasteiger partial charge in [-0.15, -0.1) is 0 Å². The first-order valence-corrected chi connectivity index (χ1v) is 7.94. The molecule has 1 heterocycles. The molecule has 0 spiro atoms. The zero-order valence-electron chi connectivity index (χ0n) is 11.1. The highest BCUT2D eigenvalue weighted by Gasteiger charge is 2.30. The van der Waals surface area contributed by atoms with Gasteiger partial charge in [0.2, 0.25) is 0 Å². The van der Waals surface area contributed by atoms with E-state index >= 15 is 0 Å². The van der Waals surface area contributed by atoms with E-state index in [1.54, 1.807) is 0 Å². The zero-order chi connectivity index (χ0) is 16.4. The number of sulfone groups is 1. The average molecular weight is 335 g/mol. The number of hydrogen-bond donors (Lipinski definition) is 1. The first kappa shape index (κ1) is 16.5. The molecule has 22 heavy (non-hydrogen) atoms. The molecule has 1 aromatic carbocycles. The van der Waals surface area contributed by atoms with E-state index in [0.29, 0.717) is 0 Å². The number of hydrogen-bond acceptors (Lipinski definition) is 5. The minimum atomic E-state index is -4.48. The van der Waals surface area contributed by atoms with Crippen molar-refractivity contribution in [1.82, 2.24) is 5.16 Å². The van der Waals surface area contributed by atoms with Crippen molar-refractivity contribution in [2.45, 2.75) is 18.0 Å². The minimum Gasteiger partial charge on any atom is -0.387 e. The van der Waals surface area contributed by atoms with E-state index in [0.717, 1.165) is 24.3 Å². The van der Waals surface area contributed by atoms with Crippen molar-refractivity contribution in [3.05, 3.63) is 53.4 Å². The van der Waals surface area contributed by atoms with Crippen LogP contribution in [-0.2, 0) is 21.8 Å². The Morgan fingerprint density at radius 3 is 2.32 bits per heavy atom. The van der Waals surface area contributed by atoms with Gasteiger partial charge in [0.05, 0.1) is 28.9 Å². The lowest BCUT2D eigenvalue weighted by Crippen LogP contribution is -2.16. The van der Waals surface area contributed by atoms with Gasteiger partial charge in [-0.2, -0.15) is 13.2 Å². The fraction of sp³-hybridized carbons (Fsp3) is 0.308. The van der Waals surface area contributed by atoms with E-state index in [-0.39, 0.29) is 11.3 Å². The number of nitrogens with zero attached hydrogens (tertiary/aromatic N) is 1. The molecule has 2 aromatic rings. The summed E-state index contributed by atoms with van der Waals surface area (Å²) in [5, 5.41) is 13.3. The number of rotatable bonds is 5. The molecule has 0 aliphatic rings. The Bertz CT molecular complexity index is 709. The highest BCUT2D eigenvalue weighted by Crippen LogP contribution is 2.30. The summed E-state index contributed by atoms with van der Waals surface area (Å²) in [4.78, 5) is 0. The first-order valence-electron chi connectivity index (χ1n) is 6.12. The summed E-state index contributed by atoms with van der Waals surface area (Å²) in [6.45, 7) is 0. The highest BCUT2D eigenvalue weighted by atomic mass is 32.2. The summed E-state index contributed by atoms with van der Waals surface area (Å²) in [7, 11) is -3.69. The Morgan fingerprint density at radius 1 is 1.18 bits per heavy atom. The molecule has 0 radical (unpaired) electrons. The molecule has 0 bridgehead atoms. The van der Waals surface area contributed by atoms with Crippen LogP contribution in [0.4, 0.5) is 13.2 Å². The Hall–Kier alpha value is -1.87. The molecule has 1 N–H and O–H groups in total. The largest absolute Gasteiger partial charge is 0.416 e. The molecule has 1 atom stereocenters. The molecule has 2 rings (SSSR count). The van der Waals surface area contributed by atoms with Crippen molar-refractivity contribution in [2.24, 2.45) is 0 Å². The second-order valence-corrected chi connectivity index (χ2v) is 6.79. The first-order chi connectivity index (χ1) is 10.2. The van der Waals surface area contributed by atoms with Gasteiger partial charge in [-0.05, 0) is 17.7 Å². The third kappa shape index (κ3) is 4.31. The van der Waals surface area contributed by atoms with Crippen LogP contribution in [0.15, 0.2) is 41.1 Å². The van der Waals surface area contributed by atoms with Gasteiger partial charge in [0.15, 0.2) is 9.84 Å². The van der Waals surface area contributed by atoms with Crippen LogP contribution in [0.3, 0.4) is 0 Å². The number of aromatic nitrogens is 1. The molecule has 0 fully saturated rings. The maximum atomic E-state index is 12.4. The van der Waals surface area contributed by atoms with Crippen LogP contribution in [-0.4, -0.2) is 24.4 Å². The van der Waals surface area contributed by atoms with E-state index in [9.17, 15) is 26.7 Å². The molecule has 0 amide bonds. The Labute approximate surface area is 124 Å². The molecule has 9 heteroatoms. The molecule has 0 saturated heterocycles. The number of aliphatic hydroxyl groups excluding tert-OH is 1. The van der Waals surface area contributed by atoms with Crippen molar-refractivity contribution in [3.8, 4) is 0 Å². The topological polar surface area (TPSA) is 80.4 Å². The van der Waals surface area contributed by atoms with Gasteiger partial charge in [0.1, 0.15) is 6.26 Å². The van der Waals surface area contributed by atoms with Gasteiger partial charge in [0, 0.05) is 6.07 Å². The van der Waals surface area contributed by atoms with Crippen molar-refractivity contribution in [3.63, 3.8) is 0 Å². The molecular formula is C13H12F3NO4S. The van der Waals surface area contributed by atoms with Crippen LogP contribution in [0.1, 0.15) is 22.9 Å². The lowest BCUT2D eigenvalue weighted by molar-refractivity contribution is -0.137. The zero-order valence-corrected chi connectivity index (χ0v) is 11.9. The quantitative estimate of drug-likeness (QED) is 0.907. The van der Waals surface area contributed by atoms with Crippen LogP contribution in [0.25, 0.3) is 0 Å². The summed E-state index contributed by atoms with van der Waals surface area (Å²) < 4.78 is 65.6. The van der Waals surface area contributed by atoms with E-state index in [4.69, 9.17) is 0 Å². The number of halogens is 3. The van der Waals surface area contributed by atoms with Gasteiger partial charge < -0.3 is 9.63 Å². The van der Waals surface area contributed by atoms with E-state index in [2.05, 4.69) is 9.68 Å². The van der Waals surface area contributed by atoms with Gasteiger partial charge >= 0.3 is 6.18 Å². The molecule has 1 unspecified atom stereocenters. The number of benzene rings is 1. The van der Waals surface area contributed by atoms with E-state index in [1.807, 2.05) is 0 Å². The maximum absolute atomic E-state index is 12.4. The third-order valence-electron chi connectivity index (χ3n) is 2.89. The van der Waals surface area contributed by atoms with E-state index in [1.165, 1.54) is 12.3 Å². The number of aliphatic hydroxyl groups is 1. The molecule has 5 nitrogen and oxygen atoms in total. The minimum absolute atomic E-state index is 0.0942. The Balaban J connectivity index is 2.07. The third-order valence-corrected chi connectivity index (χ3v) is 4.45. The lowest BCUT2D eigenvalue weighted by atomic mass is 10.1. The molecule has 1 aromatic heterocycles. The summed E-state index contributed by atoms with van der Waals surface area (Å²) in [6.07, 6.45) is -4.68. The van der Waals surface area contributed by atoms with Crippen molar-refractivity contribution < 1.29 is 31.2 Å². The molecule has 0 saturated carbocycles. The molecular weight excluding hydrogens is 323 g/mol. The fourth-order valence-corrected chi connectivity index (χ4v) is 3.22. The van der Waals surface area contributed by atoms with Crippen molar-refractivity contribution in [1.29, 1.82) is 0 Å².